The van der Waals surface area contributed by atoms with Crippen LogP contribution in [0.1, 0.15) is 23.1 Å². The van der Waals surface area contributed by atoms with Crippen LogP contribution in [-0.2, 0) is 17.8 Å². The van der Waals surface area contributed by atoms with Gasteiger partial charge in [0.25, 0.3) is 0 Å². The van der Waals surface area contributed by atoms with Crippen molar-refractivity contribution in [3.8, 4) is 17.2 Å². The fraction of sp³-hybridized carbons (Fsp3) is 0.174. The third kappa shape index (κ3) is 5.51. The molecule has 4 nitrogen and oxygen atoms in total. The summed E-state index contributed by atoms with van der Waals surface area (Å²) < 4.78 is 11.9. The van der Waals surface area contributed by atoms with Gasteiger partial charge in [0.15, 0.2) is 0 Å². The number of carboxylic acids is 1. The predicted octanol–water partition coefficient (Wildman–Crippen LogP) is 6.04. The van der Waals surface area contributed by atoms with E-state index in [2.05, 4.69) is 0 Å². The molecule has 0 aliphatic rings. The third-order valence-corrected chi connectivity index (χ3v) is 4.52. The second-order valence-corrected chi connectivity index (χ2v) is 6.88. The zero-order chi connectivity index (χ0) is 19.9. The van der Waals surface area contributed by atoms with E-state index >= 15 is 0 Å². The monoisotopic (exact) mass is 396 g/mol. The molecule has 0 heterocycles. The molecule has 1 N–H and O–H groups in total. The number of rotatable bonds is 8. The van der Waals surface area contributed by atoms with E-state index in [1.165, 1.54) is 0 Å². The van der Waals surface area contributed by atoms with Crippen molar-refractivity contribution in [1.82, 2.24) is 0 Å². The van der Waals surface area contributed by atoms with Crippen molar-refractivity contribution >= 4 is 17.6 Å². The summed E-state index contributed by atoms with van der Waals surface area (Å²) in [6, 6.07) is 20.8. The molecule has 28 heavy (non-hydrogen) atoms. The number of para-hydroxylation sites is 1. The van der Waals surface area contributed by atoms with Crippen LogP contribution in [0.15, 0.2) is 66.7 Å². The first-order valence-corrected chi connectivity index (χ1v) is 9.34. The van der Waals surface area contributed by atoms with Gasteiger partial charge in [-0.1, -0.05) is 48.0 Å². The lowest BCUT2D eigenvalue weighted by molar-refractivity contribution is -0.136. The van der Waals surface area contributed by atoms with Gasteiger partial charge in [-0.05, 0) is 54.8 Å². The lowest BCUT2D eigenvalue weighted by atomic mass is 10.1. The summed E-state index contributed by atoms with van der Waals surface area (Å²) in [4.78, 5) is 10.7. The Hall–Kier alpha value is -2.98. The molecule has 0 bridgehead atoms. The van der Waals surface area contributed by atoms with Crippen molar-refractivity contribution in [2.24, 2.45) is 0 Å². The van der Waals surface area contributed by atoms with E-state index in [4.69, 9.17) is 26.2 Å². The number of halogens is 1. The standard InChI is InChI=1S/C23H21ClO4/c1-16-6-12-22(20(24)14-16)28-21-5-3-2-4-18(21)15-27-19-10-7-17(8-11-19)9-13-23(25)26/h2-8,10-12,14H,9,13,15H2,1H3,(H,25,26). The fourth-order valence-electron chi connectivity index (χ4n) is 2.69. The molecule has 0 saturated carbocycles. The summed E-state index contributed by atoms with van der Waals surface area (Å²) in [5.74, 6) is 1.20. The van der Waals surface area contributed by atoms with Gasteiger partial charge in [-0.2, -0.15) is 0 Å². The lowest BCUT2D eigenvalue weighted by Gasteiger charge is -2.13. The van der Waals surface area contributed by atoms with Crippen LogP contribution in [-0.4, -0.2) is 11.1 Å². The topological polar surface area (TPSA) is 55.8 Å². The molecule has 0 aliphatic heterocycles. The van der Waals surface area contributed by atoms with Gasteiger partial charge in [-0.3, -0.25) is 4.79 Å². The van der Waals surface area contributed by atoms with Crippen LogP contribution >= 0.6 is 11.6 Å². The highest BCUT2D eigenvalue weighted by Gasteiger charge is 2.09. The van der Waals surface area contributed by atoms with E-state index in [1.807, 2.05) is 73.7 Å². The van der Waals surface area contributed by atoms with Crippen LogP contribution < -0.4 is 9.47 Å². The Labute approximate surface area is 169 Å². The summed E-state index contributed by atoms with van der Waals surface area (Å²) in [7, 11) is 0. The van der Waals surface area contributed by atoms with E-state index < -0.39 is 5.97 Å². The number of hydrogen-bond donors (Lipinski definition) is 1. The Morgan fingerprint density at radius 2 is 1.75 bits per heavy atom. The van der Waals surface area contributed by atoms with Gasteiger partial charge < -0.3 is 14.6 Å². The number of aliphatic carboxylic acids is 1. The average molecular weight is 397 g/mol. The molecule has 0 saturated heterocycles. The lowest BCUT2D eigenvalue weighted by Crippen LogP contribution is -1.99. The van der Waals surface area contributed by atoms with Crippen LogP contribution in [0.25, 0.3) is 0 Å². The fourth-order valence-corrected chi connectivity index (χ4v) is 2.97. The molecular formula is C23H21ClO4. The van der Waals surface area contributed by atoms with Crippen LogP contribution in [0.4, 0.5) is 0 Å². The van der Waals surface area contributed by atoms with Gasteiger partial charge in [-0.25, -0.2) is 0 Å². The Kier molecular flexibility index (Phi) is 6.56. The normalized spacial score (nSPS) is 10.5. The van der Waals surface area contributed by atoms with Crippen molar-refractivity contribution in [3.05, 3.63) is 88.4 Å². The first-order valence-electron chi connectivity index (χ1n) is 8.97. The largest absolute Gasteiger partial charge is 0.489 e. The SMILES string of the molecule is Cc1ccc(Oc2ccccc2COc2ccc(CCC(=O)O)cc2)c(Cl)c1. The zero-order valence-electron chi connectivity index (χ0n) is 15.5. The second kappa shape index (κ2) is 9.29. The molecule has 0 fully saturated rings. The molecule has 3 rings (SSSR count). The molecule has 0 aliphatic carbocycles. The molecule has 144 valence electrons. The number of hydrogen-bond acceptors (Lipinski definition) is 3. The smallest absolute Gasteiger partial charge is 0.303 e. The van der Waals surface area contributed by atoms with Crippen LogP contribution in [0.3, 0.4) is 0 Å². The number of carbonyl (C=O) groups is 1. The van der Waals surface area contributed by atoms with Crippen LogP contribution in [0.5, 0.6) is 17.2 Å². The van der Waals surface area contributed by atoms with Gasteiger partial charge in [0.05, 0.1) is 5.02 Å². The number of aryl methyl sites for hydroxylation is 2. The van der Waals surface area contributed by atoms with E-state index in [1.54, 1.807) is 0 Å². The van der Waals surface area contributed by atoms with Crippen molar-refractivity contribution < 1.29 is 19.4 Å². The Balaban J connectivity index is 1.66. The minimum atomic E-state index is -0.800. The predicted molar refractivity (Wildman–Crippen MR) is 109 cm³/mol. The highest BCUT2D eigenvalue weighted by atomic mass is 35.5. The van der Waals surface area contributed by atoms with Crippen molar-refractivity contribution in [2.75, 3.05) is 0 Å². The molecule has 0 amide bonds. The van der Waals surface area contributed by atoms with Crippen molar-refractivity contribution in [3.63, 3.8) is 0 Å². The minimum Gasteiger partial charge on any atom is -0.489 e. The highest BCUT2D eigenvalue weighted by Crippen LogP contribution is 2.32. The first-order chi connectivity index (χ1) is 13.5. The minimum absolute atomic E-state index is 0.118. The second-order valence-electron chi connectivity index (χ2n) is 6.47. The maximum atomic E-state index is 10.7. The molecule has 3 aromatic carbocycles. The van der Waals surface area contributed by atoms with E-state index in [9.17, 15) is 4.79 Å². The Morgan fingerprint density at radius 1 is 1.00 bits per heavy atom. The summed E-state index contributed by atoms with van der Waals surface area (Å²) in [6.45, 7) is 2.32. The van der Waals surface area contributed by atoms with Crippen molar-refractivity contribution in [1.29, 1.82) is 0 Å². The van der Waals surface area contributed by atoms with Gasteiger partial charge in [0.2, 0.25) is 0 Å². The van der Waals surface area contributed by atoms with E-state index in [0.717, 1.165) is 16.7 Å². The Morgan fingerprint density at radius 3 is 2.46 bits per heavy atom. The van der Waals surface area contributed by atoms with Gasteiger partial charge >= 0.3 is 5.97 Å². The van der Waals surface area contributed by atoms with Crippen LogP contribution in [0.2, 0.25) is 5.02 Å². The van der Waals surface area contributed by atoms with Crippen LogP contribution in [0, 0.1) is 6.92 Å². The summed E-state index contributed by atoms with van der Waals surface area (Å²) in [5.41, 5.74) is 2.93. The number of benzene rings is 3. The Bertz CT molecular complexity index is 951. The number of ether oxygens (including phenoxy) is 2. The average Bonchev–Trinajstić information content (AvgIpc) is 2.68. The summed E-state index contributed by atoms with van der Waals surface area (Å²) in [6.07, 6.45) is 0.621. The number of carboxylic acid groups (broad SMARTS) is 1. The van der Waals surface area contributed by atoms with Gasteiger partial charge in [-0.15, -0.1) is 0 Å². The summed E-state index contributed by atoms with van der Waals surface area (Å²) >= 11 is 6.27. The maximum absolute atomic E-state index is 10.7. The molecule has 0 unspecified atom stereocenters. The highest BCUT2D eigenvalue weighted by molar-refractivity contribution is 6.32. The maximum Gasteiger partial charge on any atom is 0.303 e. The molecule has 0 atom stereocenters. The molecular weight excluding hydrogens is 376 g/mol. The quantitative estimate of drug-likeness (QED) is 0.504. The van der Waals surface area contributed by atoms with E-state index in [-0.39, 0.29) is 6.42 Å². The zero-order valence-corrected chi connectivity index (χ0v) is 16.3. The molecule has 3 aromatic rings. The molecule has 0 aromatic heterocycles. The first kappa shape index (κ1) is 19.8. The van der Waals surface area contributed by atoms with Gasteiger partial charge in [0, 0.05) is 12.0 Å². The molecule has 0 radical (unpaired) electrons. The van der Waals surface area contributed by atoms with Crippen molar-refractivity contribution in [2.45, 2.75) is 26.4 Å². The summed E-state index contributed by atoms with van der Waals surface area (Å²) in [5, 5.41) is 9.32. The van der Waals surface area contributed by atoms with Gasteiger partial charge in [0.1, 0.15) is 23.9 Å². The molecule has 0 spiro atoms. The third-order valence-electron chi connectivity index (χ3n) is 4.23. The molecule has 5 heteroatoms. The van der Waals surface area contributed by atoms with E-state index in [0.29, 0.717) is 35.3 Å².